The van der Waals surface area contributed by atoms with E-state index in [2.05, 4.69) is 15.9 Å². The van der Waals surface area contributed by atoms with E-state index in [1.54, 1.807) is 19.1 Å². The Morgan fingerprint density at radius 1 is 1.75 bits per heavy atom. The van der Waals surface area contributed by atoms with Crippen molar-refractivity contribution in [3.05, 3.63) is 33.7 Å². The molecule has 0 radical (unpaired) electrons. The molecule has 1 aromatic heterocycles. The Labute approximate surface area is 79.4 Å². The zero-order valence-corrected chi connectivity index (χ0v) is 8.28. The maximum Gasteiger partial charge on any atom is 0.196 e. The van der Waals surface area contributed by atoms with Crippen molar-refractivity contribution in [2.24, 2.45) is 0 Å². The fourth-order valence-electron chi connectivity index (χ4n) is 0.957. The molecule has 0 amide bonds. The van der Waals surface area contributed by atoms with Crippen LogP contribution in [0.4, 0.5) is 0 Å². The van der Waals surface area contributed by atoms with Gasteiger partial charge in [-0.3, -0.25) is 0 Å². The van der Waals surface area contributed by atoms with E-state index in [0.717, 1.165) is 9.20 Å². The fourth-order valence-corrected chi connectivity index (χ4v) is 1.34. The van der Waals surface area contributed by atoms with Crippen molar-refractivity contribution in [1.29, 1.82) is 0 Å². The predicted molar refractivity (Wildman–Crippen MR) is 48.5 cm³/mol. The van der Waals surface area contributed by atoms with E-state index >= 15 is 0 Å². The summed E-state index contributed by atoms with van der Waals surface area (Å²) >= 11 is 3.25. The van der Waals surface area contributed by atoms with Gasteiger partial charge in [-0.1, -0.05) is 15.9 Å². The van der Waals surface area contributed by atoms with Crippen LogP contribution in [0.1, 0.15) is 12.6 Å². The molecule has 0 saturated heterocycles. The van der Waals surface area contributed by atoms with Crippen LogP contribution in [0.15, 0.2) is 22.8 Å². The van der Waals surface area contributed by atoms with Gasteiger partial charge >= 0.3 is 0 Å². The minimum Gasteiger partial charge on any atom is -0.618 e. The molecule has 12 heavy (non-hydrogen) atoms. The average Bonchev–Trinajstić information content (AvgIpc) is 1.96. The highest BCUT2D eigenvalue weighted by molar-refractivity contribution is 9.10. The lowest BCUT2D eigenvalue weighted by Gasteiger charge is -2.05. The Morgan fingerprint density at radius 3 is 3.00 bits per heavy atom. The van der Waals surface area contributed by atoms with Crippen molar-refractivity contribution in [1.82, 2.24) is 0 Å². The van der Waals surface area contributed by atoms with Crippen molar-refractivity contribution in [2.75, 3.05) is 0 Å². The molecule has 1 heterocycles. The third-order valence-electron chi connectivity index (χ3n) is 1.46. The van der Waals surface area contributed by atoms with Crippen molar-refractivity contribution < 1.29 is 9.84 Å². The van der Waals surface area contributed by atoms with Gasteiger partial charge in [-0.15, -0.1) is 0 Å². The van der Waals surface area contributed by atoms with Crippen LogP contribution in [0.2, 0.25) is 0 Å². The highest BCUT2D eigenvalue weighted by atomic mass is 79.9. The summed E-state index contributed by atoms with van der Waals surface area (Å²) in [4.78, 5) is 0. The smallest absolute Gasteiger partial charge is 0.196 e. The second-order valence-corrected chi connectivity index (χ2v) is 3.63. The first-order chi connectivity index (χ1) is 5.59. The summed E-state index contributed by atoms with van der Waals surface area (Å²) in [6, 6.07) is 3.37. The molecule has 3 nitrogen and oxygen atoms in total. The van der Waals surface area contributed by atoms with Gasteiger partial charge in [-0.05, 0) is 6.92 Å². The number of hydrogen-bond acceptors (Lipinski definition) is 2. The van der Waals surface area contributed by atoms with Gasteiger partial charge in [0.2, 0.25) is 0 Å². The summed E-state index contributed by atoms with van der Waals surface area (Å²) in [5, 5.41) is 20.1. The van der Waals surface area contributed by atoms with Crippen LogP contribution in [0.5, 0.6) is 0 Å². The van der Waals surface area contributed by atoms with Crippen molar-refractivity contribution in [2.45, 2.75) is 19.4 Å². The molecule has 0 bridgehead atoms. The van der Waals surface area contributed by atoms with Gasteiger partial charge in [0.1, 0.15) is 0 Å². The summed E-state index contributed by atoms with van der Waals surface area (Å²) in [6.45, 7) is 1.65. The standard InChI is InChI=1S/C8H10BrNO2/c1-6(11)4-8-5-7(9)2-3-10(8)12/h2-3,5-6,11H,4H2,1H3. The van der Waals surface area contributed by atoms with Gasteiger partial charge in [-0.25, -0.2) is 0 Å². The van der Waals surface area contributed by atoms with E-state index < -0.39 is 6.10 Å². The molecule has 1 aromatic rings. The molecular weight excluding hydrogens is 222 g/mol. The number of pyridine rings is 1. The molecule has 1 atom stereocenters. The molecule has 0 saturated carbocycles. The summed E-state index contributed by atoms with van der Waals surface area (Å²) in [5.74, 6) is 0. The monoisotopic (exact) mass is 231 g/mol. The van der Waals surface area contributed by atoms with E-state index in [1.807, 2.05) is 0 Å². The molecule has 0 spiro atoms. The van der Waals surface area contributed by atoms with E-state index in [1.165, 1.54) is 6.20 Å². The molecule has 4 heteroatoms. The van der Waals surface area contributed by atoms with Crippen LogP contribution < -0.4 is 4.73 Å². The van der Waals surface area contributed by atoms with Crippen LogP contribution in [-0.2, 0) is 6.42 Å². The Bertz CT molecular complexity index is 276. The third-order valence-corrected chi connectivity index (χ3v) is 1.95. The van der Waals surface area contributed by atoms with E-state index in [9.17, 15) is 5.21 Å². The Balaban J connectivity index is 2.90. The zero-order valence-electron chi connectivity index (χ0n) is 6.70. The first-order valence-corrected chi connectivity index (χ1v) is 4.44. The van der Waals surface area contributed by atoms with E-state index in [0.29, 0.717) is 12.1 Å². The second-order valence-electron chi connectivity index (χ2n) is 2.72. The SMILES string of the molecule is CC(O)Cc1cc(Br)cc[n+]1[O-]. The lowest BCUT2D eigenvalue weighted by molar-refractivity contribution is -0.614. The molecule has 0 aromatic carbocycles. The molecule has 1 rings (SSSR count). The number of aliphatic hydroxyl groups is 1. The quantitative estimate of drug-likeness (QED) is 0.610. The number of nitrogens with zero attached hydrogens (tertiary/aromatic N) is 1. The highest BCUT2D eigenvalue weighted by Gasteiger charge is 2.08. The number of aromatic nitrogens is 1. The zero-order chi connectivity index (χ0) is 9.14. The molecule has 66 valence electrons. The Hall–Kier alpha value is -0.610. The molecular formula is C8H10BrNO2. The van der Waals surface area contributed by atoms with Crippen LogP contribution in [-0.4, -0.2) is 11.2 Å². The summed E-state index contributed by atoms with van der Waals surface area (Å²) in [6.07, 6.45) is 1.31. The summed E-state index contributed by atoms with van der Waals surface area (Å²) < 4.78 is 1.61. The minimum atomic E-state index is -0.487. The lowest BCUT2D eigenvalue weighted by atomic mass is 10.2. The number of halogens is 1. The minimum absolute atomic E-state index is 0.378. The fraction of sp³-hybridized carbons (Fsp3) is 0.375. The van der Waals surface area contributed by atoms with Gasteiger partial charge in [0.25, 0.3) is 0 Å². The van der Waals surface area contributed by atoms with Crippen LogP contribution in [0.3, 0.4) is 0 Å². The molecule has 0 fully saturated rings. The van der Waals surface area contributed by atoms with Gasteiger partial charge in [0.15, 0.2) is 11.9 Å². The average molecular weight is 232 g/mol. The van der Waals surface area contributed by atoms with Gasteiger partial charge in [0, 0.05) is 16.6 Å². The first kappa shape index (κ1) is 9.48. The maximum absolute atomic E-state index is 11.1. The second kappa shape index (κ2) is 3.87. The number of hydrogen-bond donors (Lipinski definition) is 1. The Kier molecular flexibility index (Phi) is 3.05. The van der Waals surface area contributed by atoms with Crippen LogP contribution in [0, 0.1) is 5.21 Å². The molecule has 0 aliphatic heterocycles. The topological polar surface area (TPSA) is 47.2 Å². The maximum atomic E-state index is 11.1. The van der Waals surface area contributed by atoms with Crippen molar-refractivity contribution in [3.63, 3.8) is 0 Å². The van der Waals surface area contributed by atoms with Crippen molar-refractivity contribution >= 4 is 15.9 Å². The van der Waals surface area contributed by atoms with Gasteiger partial charge in [-0.2, -0.15) is 4.73 Å². The molecule has 1 N–H and O–H groups in total. The Morgan fingerprint density at radius 2 is 2.42 bits per heavy atom. The third kappa shape index (κ3) is 2.46. The number of rotatable bonds is 2. The van der Waals surface area contributed by atoms with E-state index in [4.69, 9.17) is 5.11 Å². The largest absolute Gasteiger partial charge is 0.618 e. The van der Waals surface area contributed by atoms with Crippen molar-refractivity contribution in [3.8, 4) is 0 Å². The van der Waals surface area contributed by atoms with Crippen LogP contribution >= 0.6 is 15.9 Å². The van der Waals surface area contributed by atoms with Gasteiger partial charge < -0.3 is 10.3 Å². The summed E-state index contributed by atoms with van der Waals surface area (Å²) in [5.41, 5.74) is 0.569. The molecule has 0 aliphatic carbocycles. The molecule has 1 unspecified atom stereocenters. The highest BCUT2D eigenvalue weighted by Crippen LogP contribution is 2.09. The molecule has 0 aliphatic rings. The predicted octanol–water partition coefficient (Wildman–Crippen LogP) is 1.01. The van der Waals surface area contributed by atoms with E-state index in [-0.39, 0.29) is 0 Å². The number of aliphatic hydroxyl groups excluding tert-OH is 1. The lowest BCUT2D eigenvalue weighted by Crippen LogP contribution is -2.32. The van der Waals surface area contributed by atoms with Crippen LogP contribution in [0.25, 0.3) is 0 Å². The first-order valence-electron chi connectivity index (χ1n) is 3.65. The van der Waals surface area contributed by atoms with Gasteiger partial charge in [0.05, 0.1) is 12.5 Å². The normalized spacial score (nSPS) is 12.9. The summed E-state index contributed by atoms with van der Waals surface area (Å²) in [7, 11) is 0.